The molecule has 1 aliphatic rings. The van der Waals surface area contributed by atoms with Crippen LogP contribution >= 0.6 is 0 Å². The van der Waals surface area contributed by atoms with Gasteiger partial charge in [-0.05, 0) is 0 Å². The first-order valence-corrected chi connectivity index (χ1v) is 14.0. The molecule has 5 rings (SSSR count). The number of methoxy groups -OCH3 is 2. The number of likely N-dealkylation sites (N-methyl/N-ethyl adjacent to an activating group) is 1. The van der Waals surface area contributed by atoms with Crippen LogP contribution in [-0.2, 0) is 5.41 Å². The summed E-state index contributed by atoms with van der Waals surface area (Å²) in [6, 6.07) is 24.1. The van der Waals surface area contributed by atoms with Gasteiger partial charge >= 0.3 is 215 Å². The molecule has 1 unspecified atom stereocenters. The van der Waals surface area contributed by atoms with Crippen LogP contribution in [0.25, 0.3) is 10.9 Å². The topological polar surface area (TPSA) is 67.8 Å². The van der Waals surface area contributed by atoms with Crippen LogP contribution in [0.3, 0.4) is 0 Å². The molecule has 196 valence electrons. The van der Waals surface area contributed by atoms with Gasteiger partial charge < -0.3 is 0 Å². The summed E-state index contributed by atoms with van der Waals surface area (Å²) in [5.41, 5.74) is 2.73. The standard InChI is InChI=1S/C30H33AsN4O3/c1-34(29-32-24-19-26(38-3)25(37-2)18-23(24)27(31)33-29)20-30(22-12-8-5-9-13-22)14-16-35(17-15-30)28(36)21-10-6-4-7-11-21/h4-13,18-19H,14-17,20,31H2,1-3H3. The Bertz CT molecular complexity index is 1420. The zero-order chi connectivity index (χ0) is 26.7. The zero-order valence-electron chi connectivity index (χ0n) is 22.1. The Labute approximate surface area is 232 Å². The van der Waals surface area contributed by atoms with E-state index in [1.165, 1.54) is 22.4 Å². The van der Waals surface area contributed by atoms with Gasteiger partial charge in [0.25, 0.3) is 0 Å². The Morgan fingerprint density at radius 1 is 0.947 bits per heavy atom. The summed E-state index contributed by atoms with van der Waals surface area (Å²) in [5, 5.41) is 0.963. The molecule has 0 spiro atoms. The van der Waals surface area contributed by atoms with Crippen LogP contribution in [0.15, 0.2) is 72.8 Å². The summed E-state index contributed by atoms with van der Waals surface area (Å²) >= 11 is 1.45. The van der Waals surface area contributed by atoms with E-state index in [-0.39, 0.29) is 11.3 Å². The molecule has 1 atom stereocenters. The van der Waals surface area contributed by atoms with E-state index in [0.717, 1.165) is 40.3 Å². The molecule has 38 heavy (non-hydrogen) atoms. The summed E-state index contributed by atoms with van der Waals surface area (Å²) < 4.78 is 11.9. The number of piperidine rings is 1. The van der Waals surface area contributed by atoms with E-state index in [9.17, 15) is 4.79 Å². The van der Waals surface area contributed by atoms with Gasteiger partial charge in [-0.1, -0.05) is 18.2 Å². The molecule has 7 nitrogen and oxygen atoms in total. The van der Waals surface area contributed by atoms with Gasteiger partial charge in [-0.2, -0.15) is 0 Å². The summed E-state index contributed by atoms with van der Waals surface area (Å²) in [7, 11) is 5.32. The Balaban J connectivity index is 1.43. The molecule has 0 saturated carbocycles. The number of ether oxygens (including phenoxy) is 2. The molecule has 0 bridgehead atoms. The second-order valence-corrected chi connectivity index (χ2v) is 10.9. The van der Waals surface area contributed by atoms with E-state index in [1.54, 1.807) is 14.2 Å². The van der Waals surface area contributed by atoms with Crippen molar-refractivity contribution in [1.82, 2.24) is 14.9 Å². The second-order valence-electron chi connectivity index (χ2n) is 9.79. The van der Waals surface area contributed by atoms with Gasteiger partial charge in [0, 0.05) is 0 Å². The van der Waals surface area contributed by atoms with Crippen molar-refractivity contribution in [2.24, 2.45) is 0 Å². The van der Waals surface area contributed by atoms with Crippen molar-refractivity contribution in [3.05, 3.63) is 83.9 Å². The molecular weight excluding hydrogens is 539 g/mol. The van der Waals surface area contributed by atoms with E-state index in [1.807, 2.05) is 47.4 Å². The third kappa shape index (κ3) is 5.08. The average molecular weight is 573 g/mol. The van der Waals surface area contributed by atoms with E-state index in [2.05, 4.69) is 42.3 Å². The Morgan fingerprint density at radius 2 is 1.55 bits per heavy atom. The molecular formula is C30H33AsN4O3. The van der Waals surface area contributed by atoms with Crippen molar-refractivity contribution in [1.29, 1.82) is 0 Å². The fourth-order valence-corrected chi connectivity index (χ4v) is 6.12. The molecule has 1 saturated heterocycles. The molecule has 4 aromatic rings. The predicted molar refractivity (Wildman–Crippen MR) is 154 cm³/mol. The van der Waals surface area contributed by atoms with Crippen molar-refractivity contribution in [3.8, 4) is 11.5 Å². The molecule has 1 fully saturated rings. The number of anilines is 1. The van der Waals surface area contributed by atoms with Gasteiger partial charge in [-0.3, -0.25) is 0 Å². The summed E-state index contributed by atoms with van der Waals surface area (Å²) in [6.07, 6.45) is 1.73. The van der Waals surface area contributed by atoms with E-state index >= 15 is 0 Å². The number of hydrogen-bond acceptors (Lipinski definition) is 6. The quantitative estimate of drug-likeness (QED) is 0.317. The fourth-order valence-electron chi connectivity index (χ4n) is 5.39. The van der Waals surface area contributed by atoms with Crippen LogP contribution in [0.5, 0.6) is 11.5 Å². The monoisotopic (exact) mass is 572 g/mol. The third-order valence-electron chi connectivity index (χ3n) is 7.51. The number of aromatic nitrogens is 2. The summed E-state index contributed by atoms with van der Waals surface area (Å²) in [6.45, 7) is 2.15. The van der Waals surface area contributed by atoms with Crippen molar-refractivity contribution < 1.29 is 14.3 Å². The van der Waals surface area contributed by atoms with E-state index in [4.69, 9.17) is 19.4 Å². The molecule has 1 aromatic heterocycles. The van der Waals surface area contributed by atoms with Gasteiger partial charge in [-0.25, -0.2) is 0 Å². The molecule has 2 heterocycles. The molecule has 8 heteroatoms. The van der Waals surface area contributed by atoms with Crippen molar-refractivity contribution in [2.75, 3.05) is 45.8 Å². The summed E-state index contributed by atoms with van der Waals surface area (Å²) in [5.74, 6) is 2.10. The number of benzene rings is 3. The van der Waals surface area contributed by atoms with Crippen molar-refractivity contribution >= 4 is 44.1 Å². The van der Waals surface area contributed by atoms with E-state index in [0.29, 0.717) is 30.5 Å². The SMILES string of the molecule is COc1cc2nc(N(C)CC3(c4ccccc4)CCN(C(=O)c4ccccc4)CC3)nc([AsH2])c2cc1OC. The average Bonchev–Trinajstić information content (AvgIpc) is 2.97. The number of rotatable bonds is 7. The van der Waals surface area contributed by atoms with Gasteiger partial charge in [0.15, 0.2) is 0 Å². The normalized spacial score (nSPS) is 14.8. The molecule has 0 radical (unpaired) electrons. The molecule has 1 aliphatic heterocycles. The maximum absolute atomic E-state index is 13.1. The Hall–Kier alpha value is -3.57. The van der Waals surface area contributed by atoms with Gasteiger partial charge in [-0.15, -0.1) is 0 Å². The van der Waals surface area contributed by atoms with Gasteiger partial charge in [0.05, 0.1) is 0 Å². The third-order valence-corrected chi connectivity index (χ3v) is 8.44. The number of likely N-dealkylation sites (tertiary alicyclic amines) is 1. The number of carbonyl (C=O) groups excluding carboxylic acids is 1. The van der Waals surface area contributed by atoms with Gasteiger partial charge in [0.1, 0.15) is 0 Å². The Kier molecular flexibility index (Phi) is 7.57. The van der Waals surface area contributed by atoms with Crippen LogP contribution in [0, 0.1) is 0 Å². The summed E-state index contributed by atoms with van der Waals surface area (Å²) in [4.78, 5) is 27.1. The molecule has 1 amide bonds. The first kappa shape index (κ1) is 26.1. The van der Waals surface area contributed by atoms with Crippen molar-refractivity contribution in [3.63, 3.8) is 0 Å². The molecule has 3 aromatic carbocycles. The maximum atomic E-state index is 13.1. The number of hydrogen-bond donors (Lipinski definition) is 0. The number of carbonyl (C=O) groups is 1. The number of amides is 1. The first-order chi connectivity index (χ1) is 18.4. The fraction of sp³-hybridized carbons (Fsp3) is 0.300. The van der Waals surface area contributed by atoms with Crippen LogP contribution in [0.4, 0.5) is 5.95 Å². The molecule has 0 N–H and O–H groups in total. The van der Waals surface area contributed by atoms with Crippen LogP contribution in [0.1, 0.15) is 28.8 Å². The second kappa shape index (κ2) is 11.0. The number of fused-ring (bicyclic) bond motifs is 1. The van der Waals surface area contributed by atoms with Crippen LogP contribution < -0.4 is 18.9 Å². The molecule has 0 aliphatic carbocycles. The minimum atomic E-state index is -0.127. The van der Waals surface area contributed by atoms with E-state index < -0.39 is 0 Å². The van der Waals surface area contributed by atoms with Crippen LogP contribution in [0.2, 0.25) is 0 Å². The number of nitrogens with zero attached hydrogens (tertiary/aromatic N) is 4. The van der Waals surface area contributed by atoms with Crippen molar-refractivity contribution in [2.45, 2.75) is 18.3 Å². The minimum absolute atomic E-state index is 0.0979. The van der Waals surface area contributed by atoms with Gasteiger partial charge in [0.2, 0.25) is 0 Å². The Morgan fingerprint density at radius 3 is 2.18 bits per heavy atom. The van der Waals surface area contributed by atoms with Crippen LogP contribution in [-0.4, -0.2) is 78.5 Å². The predicted octanol–water partition coefficient (Wildman–Crippen LogP) is 3.22. The first-order valence-electron chi connectivity index (χ1n) is 12.7. The zero-order valence-corrected chi connectivity index (χ0v) is 24.5.